The Kier molecular flexibility index (Phi) is 8.73. The molecule has 0 amide bonds. The molecule has 1 aromatic rings. The third kappa shape index (κ3) is 7.18. The van der Waals surface area contributed by atoms with Crippen molar-refractivity contribution >= 4 is 22.4 Å². The monoisotopic (exact) mass is 363 g/mol. The van der Waals surface area contributed by atoms with E-state index in [-0.39, 0.29) is 23.8 Å². The zero-order chi connectivity index (χ0) is 17.0. The van der Waals surface area contributed by atoms with E-state index in [1.807, 2.05) is 38.1 Å². The highest BCUT2D eigenvalue weighted by Gasteiger charge is 2.30. The summed E-state index contributed by atoms with van der Waals surface area (Å²) in [6.45, 7) is 7.01. The maximum absolute atomic E-state index is 12.5. The molecule has 1 rings (SSSR count). The second kappa shape index (κ2) is 8.99. The van der Waals surface area contributed by atoms with E-state index in [0.717, 1.165) is 12.1 Å². The molecule has 0 radical (unpaired) electrons. The first-order valence-corrected chi connectivity index (χ1v) is 9.04. The van der Waals surface area contributed by atoms with Crippen LogP contribution in [0.1, 0.15) is 32.8 Å². The van der Waals surface area contributed by atoms with Crippen LogP contribution >= 0.6 is 12.4 Å². The van der Waals surface area contributed by atoms with E-state index in [9.17, 15) is 8.42 Å². The Hall–Kier alpha value is -0.660. The molecule has 0 saturated carbocycles. The molecule has 7 heteroatoms. The fourth-order valence-electron chi connectivity index (χ4n) is 2.59. The molecule has 0 aliphatic rings. The van der Waals surface area contributed by atoms with E-state index in [1.54, 1.807) is 12.1 Å². The van der Waals surface area contributed by atoms with Crippen LogP contribution in [0.4, 0.5) is 0 Å². The molecule has 0 aromatic heterocycles. The lowest BCUT2D eigenvalue weighted by atomic mass is 9.92. The quantitative estimate of drug-likeness (QED) is 0.742. The van der Waals surface area contributed by atoms with Crippen molar-refractivity contribution in [1.29, 1.82) is 0 Å². The van der Waals surface area contributed by atoms with Gasteiger partial charge in [-0.25, -0.2) is 13.1 Å². The molecular weight excluding hydrogens is 334 g/mol. The zero-order valence-corrected chi connectivity index (χ0v) is 16.3. The molecular formula is C16H30ClN3O2S. The van der Waals surface area contributed by atoms with E-state index < -0.39 is 15.6 Å². The third-order valence-corrected chi connectivity index (χ3v) is 5.08. The summed E-state index contributed by atoms with van der Waals surface area (Å²) >= 11 is 0. The summed E-state index contributed by atoms with van der Waals surface area (Å²) in [5.74, 6) is 0.360. The minimum Gasteiger partial charge on any atom is -0.329 e. The number of nitrogens with two attached hydrogens (primary N) is 1. The third-order valence-electron chi connectivity index (χ3n) is 3.42. The summed E-state index contributed by atoms with van der Waals surface area (Å²) in [6, 6.07) is 6.98. The van der Waals surface area contributed by atoms with E-state index in [1.165, 1.54) is 0 Å². The van der Waals surface area contributed by atoms with Crippen molar-refractivity contribution < 1.29 is 8.42 Å². The fourth-order valence-corrected chi connectivity index (χ4v) is 4.02. The van der Waals surface area contributed by atoms with Gasteiger partial charge < -0.3 is 10.6 Å². The van der Waals surface area contributed by atoms with E-state index in [4.69, 9.17) is 5.73 Å². The number of hydrogen-bond donors (Lipinski definition) is 2. The van der Waals surface area contributed by atoms with Crippen LogP contribution < -0.4 is 10.5 Å². The van der Waals surface area contributed by atoms with Crippen molar-refractivity contribution in [1.82, 2.24) is 9.62 Å². The zero-order valence-electron chi connectivity index (χ0n) is 14.7. The number of benzene rings is 1. The van der Waals surface area contributed by atoms with E-state index in [2.05, 4.69) is 18.6 Å². The molecule has 0 saturated heterocycles. The van der Waals surface area contributed by atoms with Crippen LogP contribution in [0.3, 0.4) is 0 Å². The maximum Gasteiger partial charge on any atom is 0.241 e. The number of halogens is 1. The Morgan fingerprint density at radius 2 is 1.74 bits per heavy atom. The molecule has 1 unspecified atom stereocenters. The average Bonchev–Trinajstić information content (AvgIpc) is 2.37. The second-order valence-electron chi connectivity index (χ2n) is 6.85. The minimum atomic E-state index is -3.56. The standard InChI is InChI=1S/C16H29N3O2S.ClH/c1-13(2)10-16(3,12-17)18-22(20,21)15-8-6-14(7-9-15)11-19(4)5;/h6-9,13,18H,10-12,17H2,1-5H3;1H. The van der Waals surface area contributed by atoms with Gasteiger partial charge in [-0.05, 0) is 51.1 Å². The topological polar surface area (TPSA) is 75.4 Å². The number of nitrogens with one attached hydrogen (secondary N) is 1. The number of nitrogens with zero attached hydrogens (tertiary/aromatic N) is 1. The normalized spacial score (nSPS) is 14.6. The van der Waals surface area contributed by atoms with Gasteiger partial charge in [0.15, 0.2) is 0 Å². The summed E-state index contributed by atoms with van der Waals surface area (Å²) in [5.41, 5.74) is 6.23. The Morgan fingerprint density at radius 1 is 1.22 bits per heavy atom. The molecule has 1 atom stereocenters. The van der Waals surface area contributed by atoms with E-state index in [0.29, 0.717) is 12.3 Å². The van der Waals surface area contributed by atoms with Crippen molar-refractivity contribution in [2.75, 3.05) is 20.6 Å². The highest BCUT2D eigenvalue weighted by atomic mass is 35.5. The average molecular weight is 364 g/mol. The molecule has 0 fully saturated rings. The van der Waals surface area contributed by atoms with Crippen LogP contribution in [0.5, 0.6) is 0 Å². The first-order valence-electron chi connectivity index (χ1n) is 7.56. The van der Waals surface area contributed by atoms with Crippen LogP contribution in [-0.2, 0) is 16.6 Å². The molecule has 0 spiro atoms. The van der Waals surface area contributed by atoms with Gasteiger partial charge in [0.05, 0.1) is 4.90 Å². The summed E-state index contributed by atoms with van der Waals surface area (Å²) in [6.07, 6.45) is 0.696. The number of hydrogen-bond acceptors (Lipinski definition) is 4. The van der Waals surface area contributed by atoms with Gasteiger partial charge in [-0.15, -0.1) is 12.4 Å². The van der Waals surface area contributed by atoms with Gasteiger partial charge in [0.25, 0.3) is 0 Å². The summed E-state index contributed by atoms with van der Waals surface area (Å²) < 4.78 is 27.9. The summed E-state index contributed by atoms with van der Waals surface area (Å²) in [7, 11) is 0.389. The van der Waals surface area contributed by atoms with Crippen LogP contribution in [0.15, 0.2) is 29.2 Å². The first kappa shape index (κ1) is 22.3. The van der Waals surface area contributed by atoms with Gasteiger partial charge in [-0.1, -0.05) is 26.0 Å². The fraction of sp³-hybridized carbons (Fsp3) is 0.625. The summed E-state index contributed by atoms with van der Waals surface area (Å²) in [4.78, 5) is 2.31. The predicted molar refractivity (Wildman–Crippen MR) is 98.3 cm³/mol. The van der Waals surface area contributed by atoms with Crippen molar-refractivity contribution in [3.05, 3.63) is 29.8 Å². The number of sulfonamides is 1. The molecule has 3 N–H and O–H groups in total. The van der Waals surface area contributed by atoms with Gasteiger partial charge >= 0.3 is 0 Å². The van der Waals surface area contributed by atoms with Gasteiger partial charge in [0.2, 0.25) is 10.0 Å². The SMILES string of the molecule is CC(C)CC(C)(CN)NS(=O)(=O)c1ccc(CN(C)C)cc1.Cl. The van der Waals surface area contributed by atoms with Crippen molar-refractivity contribution in [2.45, 2.75) is 44.2 Å². The largest absolute Gasteiger partial charge is 0.329 e. The number of rotatable bonds is 8. The smallest absolute Gasteiger partial charge is 0.241 e. The minimum absolute atomic E-state index is 0. The van der Waals surface area contributed by atoms with Crippen LogP contribution in [-0.4, -0.2) is 39.5 Å². The second-order valence-corrected chi connectivity index (χ2v) is 8.53. The van der Waals surface area contributed by atoms with Gasteiger partial charge in [0.1, 0.15) is 0 Å². The Labute approximate surface area is 147 Å². The molecule has 0 aliphatic heterocycles. The molecule has 0 bridgehead atoms. The van der Waals surface area contributed by atoms with Crippen LogP contribution in [0.25, 0.3) is 0 Å². The predicted octanol–water partition coefficient (Wildman–Crippen LogP) is 2.21. The van der Waals surface area contributed by atoms with Crippen LogP contribution in [0.2, 0.25) is 0 Å². The summed E-state index contributed by atoms with van der Waals surface area (Å²) in [5, 5.41) is 0. The molecule has 23 heavy (non-hydrogen) atoms. The highest BCUT2D eigenvalue weighted by Crippen LogP contribution is 2.20. The van der Waals surface area contributed by atoms with Gasteiger partial charge in [-0.2, -0.15) is 0 Å². The first-order chi connectivity index (χ1) is 10.1. The Morgan fingerprint density at radius 3 is 2.13 bits per heavy atom. The van der Waals surface area contributed by atoms with Crippen LogP contribution in [0, 0.1) is 5.92 Å². The molecule has 1 aromatic carbocycles. The lowest BCUT2D eigenvalue weighted by Gasteiger charge is -2.30. The van der Waals surface area contributed by atoms with Crippen molar-refractivity contribution in [3.63, 3.8) is 0 Å². The molecule has 0 aliphatic carbocycles. The Bertz CT molecular complexity index is 573. The lowest BCUT2D eigenvalue weighted by Crippen LogP contribution is -2.51. The van der Waals surface area contributed by atoms with Gasteiger partial charge in [-0.3, -0.25) is 0 Å². The van der Waals surface area contributed by atoms with E-state index >= 15 is 0 Å². The van der Waals surface area contributed by atoms with Gasteiger partial charge in [0, 0.05) is 18.6 Å². The maximum atomic E-state index is 12.5. The Balaban J connectivity index is 0.00000484. The van der Waals surface area contributed by atoms with Crippen molar-refractivity contribution in [3.8, 4) is 0 Å². The lowest BCUT2D eigenvalue weighted by molar-refractivity contribution is 0.344. The highest BCUT2D eigenvalue weighted by molar-refractivity contribution is 7.89. The van der Waals surface area contributed by atoms with Crippen molar-refractivity contribution in [2.24, 2.45) is 11.7 Å². The molecule has 0 heterocycles. The molecule has 134 valence electrons. The molecule has 5 nitrogen and oxygen atoms in total.